The highest BCUT2D eigenvalue weighted by molar-refractivity contribution is 9.09. The Hall–Kier alpha value is 0.927. The molecule has 0 aliphatic heterocycles. The van der Waals surface area contributed by atoms with Crippen LogP contribution in [0.3, 0.4) is 0 Å². The first-order chi connectivity index (χ1) is 7.64. The molecule has 0 heterocycles. The minimum Gasteiger partial charge on any atom is -0.377 e. The standard InChI is InChI=1S/C10H23BrO3SSi/c1-12-16(13-2,14-3)9-5-7-10(15)6-4-8-11/h10,15H,4-9H2,1-3H3. The summed E-state index contributed by atoms with van der Waals surface area (Å²) in [6, 6.07) is 0.863. The molecule has 0 spiro atoms. The average Bonchev–Trinajstić information content (AvgIpc) is 2.33. The van der Waals surface area contributed by atoms with Gasteiger partial charge in [-0.25, -0.2) is 0 Å². The molecule has 0 bridgehead atoms. The molecule has 0 aliphatic carbocycles. The zero-order valence-electron chi connectivity index (χ0n) is 10.4. The normalized spacial score (nSPS) is 14.1. The van der Waals surface area contributed by atoms with E-state index in [0.29, 0.717) is 5.25 Å². The fraction of sp³-hybridized carbons (Fsp3) is 1.00. The SMILES string of the molecule is CO[Si](CCCC(S)CCCBr)(OC)OC. The Morgan fingerprint density at radius 2 is 1.56 bits per heavy atom. The van der Waals surface area contributed by atoms with E-state index in [1.54, 1.807) is 21.3 Å². The van der Waals surface area contributed by atoms with Crippen molar-refractivity contribution in [2.24, 2.45) is 0 Å². The van der Waals surface area contributed by atoms with Crippen LogP contribution in [-0.2, 0) is 13.3 Å². The highest BCUT2D eigenvalue weighted by Gasteiger charge is 2.36. The van der Waals surface area contributed by atoms with E-state index in [1.807, 2.05) is 0 Å². The van der Waals surface area contributed by atoms with E-state index in [-0.39, 0.29) is 0 Å². The fourth-order valence-corrected chi connectivity index (χ4v) is 4.01. The molecule has 98 valence electrons. The van der Waals surface area contributed by atoms with Crippen molar-refractivity contribution < 1.29 is 13.3 Å². The van der Waals surface area contributed by atoms with Crippen LogP contribution in [0.25, 0.3) is 0 Å². The lowest BCUT2D eigenvalue weighted by atomic mass is 10.1. The van der Waals surface area contributed by atoms with Gasteiger partial charge in [-0.3, -0.25) is 0 Å². The molecular formula is C10H23BrO3SSi. The van der Waals surface area contributed by atoms with Gasteiger partial charge in [0.1, 0.15) is 0 Å². The maximum atomic E-state index is 5.36. The summed E-state index contributed by atoms with van der Waals surface area (Å²) in [5, 5.41) is 1.52. The lowest BCUT2D eigenvalue weighted by Gasteiger charge is -2.24. The maximum Gasteiger partial charge on any atom is 0.500 e. The van der Waals surface area contributed by atoms with Crippen LogP contribution in [0.2, 0.25) is 6.04 Å². The predicted octanol–water partition coefficient (Wildman–Crippen LogP) is 3.12. The lowest BCUT2D eigenvalue weighted by molar-refractivity contribution is 0.123. The molecule has 0 aliphatic rings. The van der Waals surface area contributed by atoms with Gasteiger partial charge in [0.25, 0.3) is 0 Å². The molecule has 0 saturated carbocycles. The Balaban J connectivity index is 3.77. The van der Waals surface area contributed by atoms with E-state index < -0.39 is 8.80 Å². The van der Waals surface area contributed by atoms with Gasteiger partial charge in [0.2, 0.25) is 0 Å². The van der Waals surface area contributed by atoms with E-state index in [9.17, 15) is 0 Å². The maximum absolute atomic E-state index is 5.36. The van der Waals surface area contributed by atoms with Gasteiger partial charge in [0.15, 0.2) is 0 Å². The fourth-order valence-electron chi connectivity index (χ4n) is 1.57. The summed E-state index contributed by atoms with van der Waals surface area (Å²) in [5.74, 6) is 0. The van der Waals surface area contributed by atoms with Crippen molar-refractivity contribution in [1.82, 2.24) is 0 Å². The third kappa shape index (κ3) is 6.61. The van der Waals surface area contributed by atoms with Crippen LogP contribution in [0.15, 0.2) is 0 Å². The van der Waals surface area contributed by atoms with Gasteiger partial charge in [-0.05, 0) is 25.7 Å². The second-order valence-electron chi connectivity index (χ2n) is 3.67. The highest BCUT2D eigenvalue weighted by Crippen LogP contribution is 2.20. The molecular weight excluding hydrogens is 308 g/mol. The zero-order chi connectivity index (χ0) is 12.4. The lowest BCUT2D eigenvalue weighted by Crippen LogP contribution is -2.42. The Morgan fingerprint density at radius 3 is 2.00 bits per heavy atom. The molecule has 0 rings (SSSR count). The molecule has 1 unspecified atom stereocenters. The van der Waals surface area contributed by atoms with E-state index in [2.05, 4.69) is 28.6 Å². The topological polar surface area (TPSA) is 27.7 Å². The molecule has 0 fully saturated rings. The molecule has 3 nitrogen and oxygen atoms in total. The van der Waals surface area contributed by atoms with Crippen LogP contribution < -0.4 is 0 Å². The Morgan fingerprint density at radius 1 is 1.06 bits per heavy atom. The molecule has 16 heavy (non-hydrogen) atoms. The van der Waals surface area contributed by atoms with Gasteiger partial charge in [-0.15, -0.1) is 0 Å². The van der Waals surface area contributed by atoms with E-state index >= 15 is 0 Å². The van der Waals surface area contributed by atoms with Crippen LogP contribution in [0.4, 0.5) is 0 Å². The first-order valence-corrected chi connectivity index (χ1v) is 9.10. The number of halogens is 1. The van der Waals surface area contributed by atoms with Crippen LogP contribution >= 0.6 is 28.6 Å². The van der Waals surface area contributed by atoms with Crippen LogP contribution in [0.5, 0.6) is 0 Å². The first kappa shape index (κ1) is 16.9. The number of rotatable bonds is 10. The number of alkyl halides is 1. The number of thiol groups is 1. The highest BCUT2D eigenvalue weighted by atomic mass is 79.9. The summed E-state index contributed by atoms with van der Waals surface area (Å²) in [5.41, 5.74) is 0. The van der Waals surface area contributed by atoms with Crippen molar-refractivity contribution in [2.75, 3.05) is 26.7 Å². The summed E-state index contributed by atoms with van der Waals surface area (Å²) in [4.78, 5) is 0. The Labute approximate surface area is 114 Å². The summed E-state index contributed by atoms with van der Waals surface area (Å²) < 4.78 is 16.1. The molecule has 6 heteroatoms. The zero-order valence-corrected chi connectivity index (χ0v) is 13.9. The van der Waals surface area contributed by atoms with Gasteiger partial charge >= 0.3 is 8.80 Å². The number of hydrogen-bond acceptors (Lipinski definition) is 4. The Bertz CT molecular complexity index is 162. The van der Waals surface area contributed by atoms with Crippen molar-refractivity contribution in [3.63, 3.8) is 0 Å². The molecule has 0 aromatic heterocycles. The van der Waals surface area contributed by atoms with Crippen LogP contribution in [0.1, 0.15) is 25.7 Å². The van der Waals surface area contributed by atoms with Crippen molar-refractivity contribution >= 4 is 37.4 Å². The second kappa shape index (κ2) is 9.91. The van der Waals surface area contributed by atoms with E-state index in [1.165, 1.54) is 6.42 Å². The molecule has 1 atom stereocenters. The minimum absolute atomic E-state index is 0.467. The van der Waals surface area contributed by atoms with E-state index in [0.717, 1.165) is 30.6 Å². The van der Waals surface area contributed by atoms with Crippen molar-refractivity contribution in [2.45, 2.75) is 37.0 Å². The monoisotopic (exact) mass is 330 g/mol. The predicted molar refractivity (Wildman–Crippen MR) is 76.6 cm³/mol. The molecule has 0 saturated heterocycles. The summed E-state index contributed by atoms with van der Waals surface area (Å²) in [6.45, 7) is 0. The number of hydrogen-bond donors (Lipinski definition) is 1. The van der Waals surface area contributed by atoms with Crippen molar-refractivity contribution in [3.05, 3.63) is 0 Å². The summed E-state index contributed by atoms with van der Waals surface area (Å²) >= 11 is 7.98. The molecule has 0 amide bonds. The van der Waals surface area contributed by atoms with Gasteiger partial charge in [0, 0.05) is 38.0 Å². The van der Waals surface area contributed by atoms with Gasteiger partial charge in [0.05, 0.1) is 0 Å². The summed E-state index contributed by atoms with van der Waals surface area (Å²) in [7, 11) is 2.61. The largest absolute Gasteiger partial charge is 0.500 e. The van der Waals surface area contributed by atoms with Gasteiger partial charge < -0.3 is 13.3 Å². The third-order valence-electron chi connectivity index (χ3n) is 2.62. The second-order valence-corrected chi connectivity index (χ2v) is 8.29. The Kier molecular flexibility index (Phi) is 10.5. The molecule has 0 aromatic rings. The summed E-state index contributed by atoms with van der Waals surface area (Å²) in [6.07, 6.45) is 4.45. The first-order valence-electron chi connectivity index (χ1n) is 5.53. The molecule has 0 N–H and O–H groups in total. The molecule has 0 aromatic carbocycles. The van der Waals surface area contributed by atoms with Crippen molar-refractivity contribution in [3.8, 4) is 0 Å². The quantitative estimate of drug-likeness (QED) is 0.379. The van der Waals surface area contributed by atoms with Gasteiger partial charge in [-0.2, -0.15) is 12.6 Å². The van der Waals surface area contributed by atoms with Gasteiger partial charge in [-0.1, -0.05) is 15.9 Å². The minimum atomic E-state index is -2.36. The third-order valence-corrected chi connectivity index (χ3v) is 6.53. The average molecular weight is 331 g/mol. The smallest absolute Gasteiger partial charge is 0.377 e. The van der Waals surface area contributed by atoms with Crippen molar-refractivity contribution in [1.29, 1.82) is 0 Å². The van der Waals surface area contributed by atoms with Crippen LogP contribution in [-0.4, -0.2) is 40.7 Å². The van der Waals surface area contributed by atoms with E-state index in [4.69, 9.17) is 13.3 Å². The molecule has 0 radical (unpaired) electrons. The van der Waals surface area contributed by atoms with Crippen LogP contribution in [0, 0.1) is 0 Å².